The number of amides is 1. The van der Waals surface area contributed by atoms with Crippen LogP contribution in [0.15, 0.2) is 24.3 Å². The molecular weight excluding hydrogens is 302 g/mol. The lowest BCUT2D eigenvalue weighted by atomic mass is 10.1. The van der Waals surface area contributed by atoms with E-state index in [-0.39, 0.29) is 17.3 Å². The average Bonchev–Trinajstić information content (AvgIpc) is 3.38. The minimum Gasteiger partial charge on any atom is -0.433 e. The number of carbonyl (C=O) groups excluding carboxylic acids is 1. The Kier molecular flexibility index (Phi) is 4.80. The summed E-state index contributed by atoms with van der Waals surface area (Å²) in [5, 5.41) is 2.70. The molecule has 6 heteroatoms. The number of nitrogens with one attached hydrogen (secondary N) is 1. The largest absolute Gasteiger partial charge is 0.433 e. The SMILES string of the molecule is CC(C1CC1)N(CC(=O)Nc1ccccc1OC(F)F)C1CC1. The number of rotatable bonds is 8. The Bertz CT molecular complexity index is 559. The Morgan fingerprint density at radius 1 is 1.30 bits per heavy atom. The number of para-hydroxylation sites is 2. The number of carbonyl (C=O) groups is 1. The molecule has 1 aromatic rings. The molecule has 1 N–H and O–H groups in total. The van der Waals surface area contributed by atoms with E-state index in [4.69, 9.17) is 0 Å². The minimum absolute atomic E-state index is 0.0101. The van der Waals surface area contributed by atoms with Gasteiger partial charge in [0.25, 0.3) is 0 Å². The van der Waals surface area contributed by atoms with E-state index in [1.54, 1.807) is 18.2 Å². The first-order valence-corrected chi connectivity index (χ1v) is 8.14. The van der Waals surface area contributed by atoms with Crippen molar-refractivity contribution in [3.8, 4) is 5.75 Å². The molecule has 4 nitrogen and oxygen atoms in total. The Labute approximate surface area is 134 Å². The highest BCUT2D eigenvalue weighted by Gasteiger charge is 2.39. The van der Waals surface area contributed by atoms with Crippen molar-refractivity contribution in [2.75, 3.05) is 11.9 Å². The van der Waals surface area contributed by atoms with Gasteiger partial charge in [-0.3, -0.25) is 9.69 Å². The van der Waals surface area contributed by atoms with Crippen LogP contribution in [0.1, 0.15) is 32.6 Å². The molecule has 2 fully saturated rings. The second-order valence-corrected chi connectivity index (χ2v) is 6.40. The Balaban J connectivity index is 1.62. The highest BCUT2D eigenvalue weighted by Crippen LogP contribution is 2.39. The predicted octanol–water partition coefficient (Wildman–Crippen LogP) is 3.49. The van der Waals surface area contributed by atoms with Gasteiger partial charge in [0.2, 0.25) is 5.91 Å². The van der Waals surface area contributed by atoms with Crippen LogP contribution >= 0.6 is 0 Å². The van der Waals surface area contributed by atoms with Crippen molar-refractivity contribution in [3.63, 3.8) is 0 Å². The van der Waals surface area contributed by atoms with Gasteiger partial charge in [0.05, 0.1) is 12.2 Å². The van der Waals surface area contributed by atoms with Gasteiger partial charge in [0, 0.05) is 12.1 Å². The molecule has 1 aromatic carbocycles. The van der Waals surface area contributed by atoms with E-state index in [1.165, 1.54) is 18.9 Å². The molecule has 1 atom stereocenters. The van der Waals surface area contributed by atoms with Gasteiger partial charge in [-0.25, -0.2) is 0 Å². The van der Waals surface area contributed by atoms with E-state index in [2.05, 4.69) is 21.9 Å². The first kappa shape index (κ1) is 16.2. The topological polar surface area (TPSA) is 41.6 Å². The highest BCUT2D eigenvalue weighted by molar-refractivity contribution is 5.93. The van der Waals surface area contributed by atoms with Crippen molar-refractivity contribution in [1.29, 1.82) is 0 Å². The van der Waals surface area contributed by atoms with Crippen LogP contribution in [-0.4, -0.2) is 36.0 Å². The van der Waals surface area contributed by atoms with Crippen molar-refractivity contribution < 1.29 is 18.3 Å². The van der Waals surface area contributed by atoms with Gasteiger partial charge in [-0.15, -0.1) is 0 Å². The molecule has 0 bridgehead atoms. The summed E-state index contributed by atoms with van der Waals surface area (Å²) in [6, 6.07) is 7.16. The van der Waals surface area contributed by atoms with Crippen molar-refractivity contribution in [3.05, 3.63) is 24.3 Å². The molecule has 1 amide bonds. The number of ether oxygens (including phenoxy) is 1. The van der Waals surface area contributed by atoms with Crippen LogP contribution in [0.4, 0.5) is 14.5 Å². The van der Waals surface area contributed by atoms with Gasteiger partial charge in [0.15, 0.2) is 0 Å². The van der Waals surface area contributed by atoms with Crippen molar-refractivity contribution in [2.45, 2.75) is 51.3 Å². The molecule has 0 aromatic heterocycles. The molecule has 1 unspecified atom stereocenters. The smallest absolute Gasteiger partial charge is 0.387 e. The van der Waals surface area contributed by atoms with E-state index < -0.39 is 6.61 Å². The molecule has 0 saturated heterocycles. The summed E-state index contributed by atoms with van der Waals surface area (Å²) >= 11 is 0. The third-order valence-corrected chi connectivity index (χ3v) is 4.55. The molecule has 126 valence electrons. The summed E-state index contributed by atoms with van der Waals surface area (Å²) in [6.07, 6.45) is 4.74. The van der Waals surface area contributed by atoms with E-state index in [0.29, 0.717) is 24.5 Å². The van der Waals surface area contributed by atoms with Gasteiger partial charge in [-0.1, -0.05) is 12.1 Å². The van der Waals surface area contributed by atoms with Crippen LogP contribution in [0.2, 0.25) is 0 Å². The maximum Gasteiger partial charge on any atom is 0.387 e. The van der Waals surface area contributed by atoms with Crippen LogP contribution in [0.3, 0.4) is 0 Å². The lowest BCUT2D eigenvalue weighted by molar-refractivity contribution is -0.118. The number of hydrogen-bond acceptors (Lipinski definition) is 3. The van der Waals surface area contributed by atoms with Gasteiger partial charge in [0.1, 0.15) is 5.75 Å². The monoisotopic (exact) mass is 324 g/mol. The molecule has 0 heterocycles. The fraction of sp³-hybridized carbons (Fsp3) is 0.588. The Morgan fingerprint density at radius 3 is 2.61 bits per heavy atom. The number of nitrogens with zero attached hydrogens (tertiary/aromatic N) is 1. The number of benzene rings is 1. The number of anilines is 1. The van der Waals surface area contributed by atoms with Gasteiger partial charge in [-0.05, 0) is 50.7 Å². The van der Waals surface area contributed by atoms with E-state index >= 15 is 0 Å². The van der Waals surface area contributed by atoms with Gasteiger partial charge >= 0.3 is 6.61 Å². The summed E-state index contributed by atoms with van der Waals surface area (Å²) in [4.78, 5) is 14.6. The van der Waals surface area contributed by atoms with E-state index in [1.807, 2.05) is 0 Å². The lowest BCUT2D eigenvalue weighted by Gasteiger charge is -2.28. The minimum atomic E-state index is -2.91. The predicted molar refractivity (Wildman–Crippen MR) is 83.6 cm³/mol. The molecule has 0 aliphatic heterocycles. The maximum absolute atomic E-state index is 12.4. The average molecular weight is 324 g/mol. The lowest BCUT2D eigenvalue weighted by Crippen LogP contribution is -2.42. The van der Waals surface area contributed by atoms with E-state index in [9.17, 15) is 13.6 Å². The summed E-state index contributed by atoms with van der Waals surface area (Å²) in [6.45, 7) is -0.437. The number of halogens is 2. The van der Waals surface area contributed by atoms with Crippen molar-refractivity contribution >= 4 is 11.6 Å². The number of alkyl halides is 2. The zero-order valence-electron chi connectivity index (χ0n) is 13.2. The molecule has 2 saturated carbocycles. The molecule has 0 spiro atoms. The summed E-state index contributed by atoms with van der Waals surface area (Å²) in [7, 11) is 0. The molecule has 3 rings (SSSR count). The fourth-order valence-corrected chi connectivity index (χ4v) is 2.99. The summed E-state index contributed by atoms with van der Waals surface area (Å²) in [5.41, 5.74) is 0.285. The second kappa shape index (κ2) is 6.83. The highest BCUT2D eigenvalue weighted by atomic mass is 19.3. The maximum atomic E-state index is 12.4. The van der Waals surface area contributed by atoms with Crippen LogP contribution in [-0.2, 0) is 4.79 Å². The van der Waals surface area contributed by atoms with Crippen LogP contribution in [0, 0.1) is 5.92 Å². The quantitative estimate of drug-likeness (QED) is 0.796. The van der Waals surface area contributed by atoms with Crippen molar-refractivity contribution in [1.82, 2.24) is 4.90 Å². The standard InChI is InChI=1S/C17H22F2N2O2/c1-11(12-6-7-12)21(13-8-9-13)10-16(22)20-14-4-2-3-5-15(14)23-17(18)19/h2-5,11-13,17H,6-10H2,1H3,(H,20,22). The van der Waals surface area contributed by atoms with Crippen LogP contribution in [0.5, 0.6) is 5.75 Å². The molecule has 2 aliphatic carbocycles. The summed E-state index contributed by atoms with van der Waals surface area (Å²) < 4.78 is 29.3. The van der Waals surface area contributed by atoms with Crippen LogP contribution in [0.25, 0.3) is 0 Å². The Hall–Kier alpha value is -1.69. The zero-order valence-corrected chi connectivity index (χ0v) is 13.2. The Morgan fingerprint density at radius 2 is 2.00 bits per heavy atom. The molecule has 0 radical (unpaired) electrons. The summed E-state index contributed by atoms with van der Waals surface area (Å²) in [5.74, 6) is 0.497. The van der Waals surface area contributed by atoms with Crippen LogP contribution < -0.4 is 10.1 Å². The third kappa shape index (κ3) is 4.41. The first-order chi connectivity index (χ1) is 11.0. The molecular formula is C17H22F2N2O2. The van der Waals surface area contributed by atoms with Gasteiger partial charge < -0.3 is 10.1 Å². The third-order valence-electron chi connectivity index (χ3n) is 4.55. The van der Waals surface area contributed by atoms with Gasteiger partial charge in [-0.2, -0.15) is 8.78 Å². The van der Waals surface area contributed by atoms with Crippen molar-refractivity contribution in [2.24, 2.45) is 5.92 Å². The normalized spacial score (nSPS) is 19.0. The number of hydrogen-bond donors (Lipinski definition) is 1. The van der Waals surface area contributed by atoms with E-state index in [0.717, 1.165) is 12.8 Å². The fourth-order valence-electron chi connectivity index (χ4n) is 2.99. The zero-order chi connectivity index (χ0) is 16.4. The first-order valence-electron chi connectivity index (χ1n) is 8.14. The molecule has 23 heavy (non-hydrogen) atoms. The second-order valence-electron chi connectivity index (χ2n) is 6.40. The molecule has 2 aliphatic rings.